The van der Waals surface area contributed by atoms with E-state index in [9.17, 15) is 4.21 Å². The van der Waals surface area contributed by atoms with Crippen LogP contribution in [-0.4, -0.2) is 29.2 Å². The molecule has 0 bridgehead atoms. The minimum absolute atomic E-state index is 0.319. The van der Waals surface area contributed by atoms with Gasteiger partial charge < -0.3 is 10.1 Å². The van der Waals surface area contributed by atoms with Gasteiger partial charge in [0.05, 0.1) is 0 Å². The molecule has 134 valence electrons. The van der Waals surface area contributed by atoms with Crippen LogP contribution in [0.1, 0.15) is 57.4 Å². The van der Waals surface area contributed by atoms with Gasteiger partial charge in [0, 0.05) is 47.2 Å². The number of hydrogen-bond acceptors (Lipinski definition) is 3. The summed E-state index contributed by atoms with van der Waals surface area (Å²) in [5, 5.41) is 4.01. The summed E-state index contributed by atoms with van der Waals surface area (Å²) in [6.07, 6.45) is 8.34. The normalized spacial score (nSPS) is 22.9. The van der Waals surface area contributed by atoms with Gasteiger partial charge in [-0.25, -0.2) is 0 Å². The molecule has 0 radical (unpaired) electrons. The van der Waals surface area contributed by atoms with Crippen LogP contribution in [0.2, 0.25) is 0 Å². The third kappa shape index (κ3) is 5.06. The van der Waals surface area contributed by atoms with Gasteiger partial charge in [-0.05, 0) is 48.8 Å². The lowest BCUT2D eigenvalue weighted by molar-refractivity contribution is 0.0300. The molecule has 1 heterocycles. The second-order valence-corrected chi connectivity index (χ2v) is 9.48. The largest absolute Gasteiger partial charge is 0.384 e. The Hall–Kier alpha value is -0.870. The maximum absolute atomic E-state index is 12.6. The first kappa shape index (κ1) is 17.9. The van der Waals surface area contributed by atoms with Crippen molar-refractivity contribution in [1.29, 1.82) is 0 Å². The first-order valence-electron chi connectivity index (χ1n) is 9.42. The number of rotatable bonds is 6. The number of benzene rings is 1. The van der Waals surface area contributed by atoms with Crippen molar-refractivity contribution in [2.45, 2.75) is 62.9 Å². The van der Waals surface area contributed by atoms with E-state index >= 15 is 0 Å². The van der Waals surface area contributed by atoms with Crippen LogP contribution >= 0.6 is 0 Å². The molecule has 3 nitrogen and oxygen atoms in total. The summed E-state index contributed by atoms with van der Waals surface area (Å²) >= 11 is 0. The Morgan fingerprint density at radius 3 is 2.71 bits per heavy atom. The highest BCUT2D eigenvalue weighted by molar-refractivity contribution is 7.84. The van der Waals surface area contributed by atoms with Gasteiger partial charge in [-0.3, -0.25) is 4.21 Å². The van der Waals surface area contributed by atoms with E-state index in [0.717, 1.165) is 51.1 Å². The van der Waals surface area contributed by atoms with Gasteiger partial charge in [-0.15, -0.1) is 0 Å². The fraction of sp³-hybridized carbons (Fsp3) is 0.700. The minimum Gasteiger partial charge on any atom is -0.384 e. The van der Waals surface area contributed by atoms with Crippen molar-refractivity contribution in [3.05, 3.63) is 29.8 Å². The van der Waals surface area contributed by atoms with Crippen molar-refractivity contribution < 1.29 is 8.95 Å². The van der Waals surface area contributed by atoms with Crippen LogP contribution in [0.15, 0.2) is 24.3 Å². The van der Waals surface area contributed by atoms with E-state index in [2.05, 4.69) is 36.5 Å². The monoisotopic (exact) mass is 349 g/mol. The topological polar surface area (TPSA) is 38.3 Å². The highest BCUT2D eigenvalue weighted by atomic mass is 32.2. The molecule has 1 aromatic carbocycles. The predicted octanol–water partition coefficient (Wildman–Crippen LogP) is 4.50. The number of hydrogen-bond donors (Lipinski definition) is 1. The second-order valence-electron chi connectivity index (χ2n) is 7.76. The Balaban J connectivity index is 1.54. The molecule has 1 aliphatic heterocycles. The average molecular weight is 350 g/mol. The lowest BCUT2D eigenvalue weighted by Gasteiger charge is -2.34. The Kier molecular flexibility index (Phi) is 6.34. The zero-order valence-electron chi connectivity index (χ0n) is 14.9. The fourth-order valence-electron chi connectivity index (χ4n) is 3.74. The predicted molar refractivity (Wildman–Crippen MR) is 102 cm³/mol. The molecule has 1 N–H and O–H groups in total. The lowest BCUT2D eigenvalue weighted by Crippen LogP contribution is -2.33. The highest BCUT2D eigenvalue weighted by Gasteiger charge is 2.27. The third-order valence-electron chi connectivity index (χ3n) is 5.58. The van der Waals surface area contributed by atoms with Crippen LogP contribution in [0.5, 0.6) is 0 Å². The van der Waals surface area contributed by atoms with Gasteiger partial charge in [0.1, 0.15) is 0 Å². The Morgan fingerprint density at radius 1 is 1.21 bits per heavy atom. The molecule has 1 aliphatic carbocycles. The second kappa shape index (κ2) is 8.48. The molecule has 1 atom stereocenters. The van der Waals surface area contributed by atoms with Crippen LogP contribution in [0, 0.1) is 5.41 Å². The van der Waals surface area contributed by atoms with E-state index in [1.165, 1.54) is 24.8 Å². The molecular formula is C20H31NO2S. The average Bonchev–Trinajstić information content (AvgIpc) is 2.62. The van der Waals surface area contributed by atoms with E-state index < -0.39 is 10.8 Å². The van der Waals surface area contributed by atoms with Crippen LogP contribution in [0.3, 0.4) is 0 Å². The Bertz CT molecular complexity index is 548. The van der Waals surface area contributed by atoms with E-state index in [1.54, 1.807) is 0 Å². The molecule has 3 rings (SSSR count). The van der Waals surface area contributed by atoms with Gasteiger partial charge >= 0.3 is 0 Å². The molecule has 0 aromatic heterocycles. The van der Waals surface area contributed by atoms with Gasteiger partial charge in [0.25, 0.3) is 0 Å². The molecule has 1 saturated carbocycles. The number of ether oxygens (including phenoxy) is 1. The SMILES string of the molecule is CC1(CNc2cccc(C[S@@](=O)C3CCCCC3)c2)CCOCC1. The van der Waals surface area contributed by atoms with Crippen molar-refractivity contribution in [2.75, 3.05) is 25.1 Å². The first-order chi connectivity index (χ1) is 11.6. The molecule has 4 heteroatoms. The molecule has 0 amide bonds. The first-order valence-corrected chi connectivity index (χ1v) is 10.8. The summed E-state index contributed by atoms with van der Waals surface area (Å²) in [5.41, 5.74) is 2.67. The number of nitrogens with one attached hydrogen (secondary N) is 1. The minimum atomic E-state index is -0.727. The van der Waals surface area contributed by atoms with Crippen molar-refractivity contribution in [2.24, 2.45) is 5.41 Å². The zero-order valence-corrected chi connectivity index (χ0v) is 15.7. The Labute approximate surface area is 149 Å². The molecule has 2 aliphatic rings. The lowest BCUT2D eigenvalue weighted by atomic mass is 9.82. The van der Waals surface area contributed by atoms with Crippen molar-refractivity contribution in [3.8, 4) is 0 Å². The van der Waals surface area contributed by atoms with E-state index in [4.69, 9.17) is 4.74 Å². The van der Waals surface area contributed by atoms with Crippen LogP contribution in [0.25, 0.3) is 0 Å². The quantitative estimate of drug-likeness (QED) is 0.822. The molecule has 1 saturated heterocycles. The molecule has 24 heavy (non-hydrogen) atoms. The van der Waals surface area contributed by atoms with Crippen molar-refractivity contribution in [1.82, 2.24) is 0 Å². The van der Waals surface area contributed by atoms with E-state index in [0.29, 0.717) is 16.4 Å². The van der Waals surface area contributed by atoms with Crippen molar-refractivity contribution in [3.63, 3.8) is 0 Å². The summed E-state index contributed by atoms with van der Waals surface area (Å²) in [6, 6.07) is 8.50. The Morgan fingerprint density at radius 2 is 1.96 bits per heavy atom. The highest BCUT2D eigenvalue weighted by Crippen LogP contribution is 2.30. The molecular weight excluding hydrogens is 318 g/mol. The molecule has 0 spiro atoms. The summed E-state index contributed by atoms with van der Waals surface area (Å²) in [4.78, 5) is 0. The van der Waals surface area contributed by atoms with Crippen LogP contribution in [0.4, 0.5) is 5.69 Å². The molecule has 0 unspecified atom stereocenters. The molecule has 1 aromatic rings. The van der Waals surface area contributed by atoms with Crippen LogP contribution < -0.4 is 5.32 Å². The van der Waals surface area contributed by atoms with Gasteiger partial charge in [-0.1, -0.05) is 38.3 Å². The maximum Gasteiger partial charge on any atom is 0.0489 e. The fourth-order valence-corrected chi connectivity index (χ4v) is 5.34. The van der Waals surface area contributed by atoms with E-state index in [-0.39, 0.29) is 0 Å². The summed E-state index contributed by atoms with van der Waals surface area (Å²) in [6.45, 7) is 5.06. The van der Waals surface area contributed by atoms with Crippen LogP contribution in [-0.2, 0) is 21.3 Å². The number of anilines is 1. The summed E-state index contributed by atoms with van der Waals surface area (Å²) in [5.74, 6) is 0.700. The maximum atomic E-state index is 12.6. The third-order valence-corrected chi connectivity index (χ3v) is 7.41. The summed E-state index contributed by atoms with van der Waals surface area (Å²) in [7, 11) is -0.727. The standard InChI is InChI=1S/C20H31NO2S/c1-20(10-12-23-13-11-20)16-21-18-7-5-6-17(14-18)15-24(22)19-8-3-2-4-9-19/h5-7,14,19,21H,2-4,8-13,15-16H2,1H3/t24-/m1/s1. The zero-order chi connectivity index (χ0) is 16.8. The van der Waals surface area contributed by atoms with Gasteiger partial charge in [0.15, 0.2) is 0 Å². The molecule has 2 fully saturated rings. The smallest absolute Gasteiger partial charge is 0.0489 e. The van der Waals surface area contributed by atoms with E-state index in [1.807, 2.05) is 0 Å². The summed E-state index contributed by atoms with van der Waals surface area (Å²) < 4.78 is 18.1. The van der Waals surface area contributed by atoms with Crippen molar-refractivity contribution >= 4 is 16.5 Å². The van der Waals surface area contributed by atoms with Gasteiger partial charge in [0.2, 0.25) is 0 Å². The van der Waals surface area contributed by atoms with Gasteiger partial charge in [-0.2, -0.15) is 0 Å².